The van der Waals surface area contributed by atoms with Crippen molar-refractivity contribution in [1.82, 2.24) is 5.32 Å². The first-order valence-corrected chi connectivity index (χ1v) is 4.98. The number of hydrogen-bond acceptors (Lipinski definition) is 2. The Morgan fingerprint density at radius 1 is 1.41 bits per heavy atom. The molecule has 0 fully saturated rings. The zero-order valence-corrected chi connectivity index (χ0v) is 9.31. The largest absolute Gasteiger partial charge is 0.396 e. The number of nitrogens with two attached hydrogens (primary N) is 1. The van der Waals surface area contributed by atoms with Gasteiger partial charge in [0, 0.05) is 19.0 Å². The maximum Gasteiger partial charge on any atom is 0.254 e. The first-order chi connectivity index (χ1) is 8.06. The van der Waals surface area contributed by atoms with Crippen molar-refractivity contribution in [1.29, 1.82) is 0 Å². The summed E-state index contributed by atoms with van der Waals surface area (Å²) in [5.74, 6) is 2.97. The van der Waals surface area contributed by atoms with E-state index in [9.17, 15) is 13.6 Å². The van der Waals surface area contributed by atoms with Gasteiger partial charge in [0.25, 0.3) is 5.91 Å². The quantitative estimate of drug-likeness (QED) is 0.478. The minimum Gasteiger partial charge on any atom is -0.396 e. The van der Waals surface area contributed by atoms with Gasteiger partial charge in [0.05, 0.1) is 11.3 Å². The van der Waals surface area contributed by atoms with Gasteiger partial charge in [0.2, 0.25) is 0 Å². The Balaban J connectivity index is 2.74. The lowest BCUT2D eigenvalue weighted by molar-refractivity contribution is 0.0950. The fraction of sp³-hybridized carbons (Fsp3) is 0.250. The van der Waals surface area contributed by atoms with Crippen molar-refractivity contribution in [3.05, 3.63) is 29.3 Å². The van der Waals surface area contributed by atoms with Gasteiger partial charge < -0.3 is 11.1 Å². The Morgan fingerprint density at radius 3 is 2.76 bits per heavy atom. The molecule has 3 nitrogen and oxygen atoms in total. The lowest BCUT2D eigenvalue weighted by atomic mass is 10.1. The summed E-state index contributed by atoms with van der Waals surface area (Å²) < 4.78 is 26.1. The lowest BCUT2D eigenvalue weighted by Crippen LogP contribution is -2.25. The number of nitrogen functional groups attached to an aromatic ring is 1. The molecule has 0 unspecified atom stereocenters. The van der Waals surface area contributed by atoms with Gasteiger partial charge in [0.1, 0.15) is 11.6 Å². The van der Waals surface area contributed by atoms with E-state index in [1.807, 2.05) is 0 Å². The molecule has 0 radical (unpaired) electrons. The number of nitrogens with one attached hydrogen (secondary N) is 1. The van der Waals surface area contributed by atoms with Gasteiger partial charge in [-0.1, -0.05) is 0 Å². The molecule has 0 bridgehead atoms. The van der Waals surface area contributed by atoms with E-state index >= 15 is 0 Å². The van der Waals surface area contributed by atoms with Gasteiger partial charge in [-0.25, -0.2) is 8.78 Å². The topological polar surface area (TPSA) is 55.1 Å². The Kier molecular flexibility index (Phi) is 4.46. The van der Waals surface area contributed by atoms with Crippen LogP contribution < -0.4 is 11.1 Å². The van der Waals surface area contributed by atoms with Crippen molar-refractivity contribution >= 4 is 11.6 Å². The molecule has 0 saturated carbocycles. The standard InChI is InChI=1S/C12H12F2N2O/c1-2-3-4-5-16-12(17)8-6-11(15)10(14)7-9(8)13/h6-7H,4-5,15H2,1H3,(H,16,17). The number of carbonyl (C=O) groups is 1. The Hall–Kier alpha value is -2.09. The lowest BCUT2D eigenvalue weighted by Gasteiger charge is -2.06. The van der Waals surface area contributed by atoms with Crippen molar-refractivity contribution in [3.8, 4) is 11.8 Å². The summed E-state index contributed by atoms with van der Waals surface area (Å²) in [4.78, 5) is 11.5. The highest BCUT2D eigenvalue weighted by molar-refractivity contribution is 5.95. The number of amides is 1. The van der Waals surface area contributed by atoms with E-state index in [1.54, 1.807) is 6.92 Å². The van der Waals surface area contributed by atoms with Gasteiger partial charge >= 0.3 is 0 Å². The zero-order valence-electron chi connectivity index (χ0n) is 9.31. The van der Waals surface area contributed by atoms with Crippen LogP contribution in [0.3, 0.4) is 0 Å². The molecular weight excluding hydrogens is 226 g/mol. The van der Waals surface area contributed by atoms with Gasteiger partial charge in [-0.2, -0.15) is 0 Å². The van der Waals surface area contributed by atoms with Crippen LogP contribution in [0.25, 0.3) is 0 Å². The second-order valence-corrected chi connectivity index (χ2v) is 3.29. The Morgan fingerprint density at radius 2 is 2.12 bits per heavy atom. The highest BCUT2D eigenvalue weighted by Gasteiger charge is 2.14. The summed E-state index contributed by atoms with van der Waals surface area (Å²) in [5, 5.41) is 2.46. The summed E-state index contributed by atoms with van der Waals surface area (Å²) in [6.45, 7) is 1.98. The van der Waals surface area contributed by atoms with Gasteiger partial charge in [-0.15, -0.1) is 11.8 Å². The van der Waals surface area contributed by atoms with Crippen molar-refractivity contribution in [2.24, 2.45) is 0 Å². The van der Waals surface area contributed by atoms with Crippen LogP contribution in [0.15, 0.2) is 12.1 Å². The molecule has 3 N–H and O–H groups in total. The van der Waals surface area contributed by atoms with Crippen LogP contribution in [0.1, 0.15) is 23.7 Å². The van der Waals surface area contributed by atoms with Crippen LogP contribution in [-0.4, -0.2) is 12.5 Å². The summed E-state index contributed by atoms with van der Waals surface area (Å²) in [5.41, 5.74) is 4.73. The van der Waals surface area contributed by atoms with E-state index in [1.165, 1.54) is 0 Å². The van der Waals surface area contributed by atoms with Crippen molar-refractivity contribution < 1.29 is 13.6 Å². The number of anilines is 1. The third-order valence-electron chi connectivity index (χ3n) is 2.04. The molecule has 0 saturated heterocycles. The summed E-state index contributed by atoms with van der Waals surface area (Å²) in [6.07, 6.45) is 0.473. The molecule has 0 aromatic heterocycles. The second kappa shape index (κ2) is 5.85. The van der Waals surface area contributed by atoms with Crippen LogP contribution in [0.5, 0.6) is 0 Å². The number of carbonyl (C=O) groups excluding carboxylic acids is 1. The molecule has 0 spiro atoms. The van der Waals surface area contributed by atoms with Crippen LogP contribution in [-0.2, 0) is 0 Å². The average Bonchev–Trinajstić information content (AvgIpc) is 2.29. The molecule has 90 valence electrons. The predicted octanol–water partition coefficient (Wildman–Crippen LogP) is 1.69. The zero-order chi connectivity index (χ0) is 12.8. The summed E-state index contributed by atoms with van der Waals surface area (Å²) >= 11 is 0. The van der Waals surface area contributed by atoms with Crippen LogP contribution in [0.2, 0.25) is 0 Å². The van der Waals surface area contributed by atoms with Gasteiger partial charge in [-0.3, -0.25) is 4.79 Å². The number of rotatable bonds is 3. The molecular formula is C12H12F2N2O. The monoisotopic (exact) mass is 238 g/mol. The molecule has 0 aliphatic carbocycles. The Labute approximate surface area is 98.0 Å². The van der Waals surface area contributed by atoms with E-state index in [2.05, 4.69) is 17.2 Å². The Bertz CT molecular complexity index is 489. The molecule has 1 amide bonds. The van der Waals surface area contributed by atoms with E-state index in [0.717, 1.165) is 6.07 Å². The van der Waals surface area contributed by atoms with Crippen LogP contribution in [0.4, 0.5) is 14.5 Å². The normalized spacial score (nSPS) is 9.35. The third-order valence-corrected chi connectivity index (χ3v) is 2.04. The summed E-state index contributed by atoms with van der Waals surface area (Å²) in [7, 11) is 0. The minimum atomic E-state index is -0.934. The van der Waals surface area contributed by atoms with E-state index < -0.39 is 17.5 Å². The molecule has 0 heterocycles. The minimum absolute atomic E-state index is 0.259. The van der Waals surface area contributed by atoms with Crippen molar-refractivity contribution in [3.63, 3.8) is 0 Å². The molecule has 1 aromatic carbocycles. The predicted molar refractivity (Wildman–Crippen MR) is 61.2 cm³/mol. The smallest absolute Gasteiger partial charge is 0.254 e. The van der Waals surface area contributed by atoms with E-state index in [4.69, 9.17) is 5.73 Å². The van der Waals surface area contributed by atoms with E-state index in [0.29, 0.717) is 19.0 Å². The van der Waals surface area contributed by atoms with Crippen molar-refractivity contribution in [2.45, 2.75) is 13.3 Å². The third kappa shape index (κ3) is 3.45. The fourth-order valence-corrected chi connectivity index (χ4v) is 1.20. The SMILES string of the molecule is CC#CCCNC(=O)c1cc(N)c(F)cc1F. The summed E-state index contributed by atoms with van der Waals surface area (Å²) in [6, 6.07) is 1.57. The maximum atomic E-state index is 13.3. The van der Waals surface area contributed by atoms with Crippen molar-refractivity contribution in [2.75, 3.05) is 12.3 Å². The van der Waals surface area contributed by atoms with Crippen LogP contribution in [0, 0.1) is 23.5 Å². The molecule has 1 aromatic rings. The molecule has 0 aliphatic heterocycles. The second-order valence-electron chi connectivity index (χ2n) is 3.29. The van der Waals surface area contributed by atoms with Crippen LogP contribution >= 0.6 is 0 Å². The molecule has 1 rings (SSSR count). The maximum absolute atomic E-state index is 13.3. The van der Waals surface area contributed by atoms with Gasteiger partial charge in [-0.05, 0) is 13.0 Å². The fourth-order valence-electron chi connectivity index (χ4n) is 1.20. The number of hydrogen-bond donors (Lipinski definition) is 2. The highest BCUT2D eigenvalue weighted by atomic mass is 19.1. The molecule has 0 aliphatic rings. The molecule has 17 heavy (non-hydrogen) atoms. The first kappa shape index (κ1) is 13.0. The number of halogens is 2. The highest BCUT2D eigenvalue weighted by Crippen LogP contribution is 2.16. The van der Waals surface area contributed by atoms with Gasteiger partial charge in [0.15, 0.2) is 0 Å². The number of benzene rings is 1. The molecule has 5 heteroatoms. The average molecular weight is 238 g/mol. The first-order valence-electron chi connectivity index (χ1n) is 4.98. The van der Waals surface area contributed by atoms with E-state index in [-0.39, 0.29) is 11.3 Å². The molecule has 0 atom stereocenters.